The van der Waals surface area contributed by atoms with Crippen LogP contribution < -0.4 is 15.9 Å². The summed E-state index contributed by atoms with van der Waals surface area (Å²) in [5.41, 5.74) is -0.498. The van der Waals surface area contributed by atoms with Crippen LogP contribution in [0.25, 0.3) is 21.3 Å². The molecule has 5 nitrogen and oxygen atoms in total. The summed E-state index contributed by atoms with van der Waals surface area (Å²) in [7, 11) is 0. The van der Waals surface area contributed by atoms with Crippen molar-refractivity contribution in [1.29, 1.82) is 0 Å². The van der Waals surface area contributed by atoms with Gasteiger partial charge in [0, 0.05) is 57.8 Å². The Labute approximate surface area is 201 Å². The lowest BCUT2D eigenvalue weighted by molar-refractivity contribution is -0.137. The van der Waals surface area contributed by atoms with Crippen molar-refractivity contribution in [3.05, 3.63) is 38.6 Å². The molecule has 3 aromatic rings. The van der Waals surface area contributed by atoms with Gasteiger partial charge in [-0.05, 0) is 38.2 Å². The number of anilines is 1. The quantitative estimate of drug-likeness (QED) is 0.491. The number of halogens is 4. The van der Waals surface area contributed by atoms with E-state index in [1.807, 2.05) is 18.7 Å². The average Bonchev–Trinajstić information content (AvgIpc) is 3.02. The van der Waals surface area contributed by atoms with Gasteiger partial charge in [-0.25, -0.2) is 4.79 Å². The molecule has 1 N–H and O–H groups in total. The average molecular weight is 515 g/mol. The molecule has 2 aliphatic heterocycles. The van der Waals surface area contributed by atoms with Crippen LogP contribution in [0.15, 0.2) is 27.2 Å². The number of nitrogens with one attached hydrogen (secondary N) is 1. The fraction of sp³-hybridized carbons (Fsp3) is 0.455. The summed E-state index contributed by atoms with van der Waals surface area (Å²) in [5, 5.41) is 5.81. The number of aryl methyl sites for hydroxylation is 1. The van der Waals surface area contributed by atoms with Crippen LogP contribution in [0.4, 0.5) is 19.0 Å². The van der Waals surface area contributed by atoms with E-state index in [1.165, 1.54) is 29.2 Å². The molecular formula is C22H22ClF3N4OS2. The van der Waals surface area contributed by atoms with Gasteiger partial charge in [0.2, 0.25) is 0 Å². The number of rotatable bonds is 2. The Balaban J connectivity index is 1.89. The van der Waals surface area contributed by atoms with Crippen molar-refractivity contribution < 1.29 is 13.2 Å². The van der Waals surface area contributed by atoms with E-state index in [0.29, 0.717) is 63.3 Å². The van der Waals surface area contributed by atoms with E-state index in [2.05, 4.69) is 10.3 Å². The van der Waals surface area contributed by atoms with Crippen LogP contribution in [0.2, 0.25) is 5.02 Å². The first-order chi connectivity index (χ1) is 15.6. The topological polar surface area (TPSA) is 50.2 Å². The maximum absolute atomic E-state index is 14.4. The summed E-state index contributed by atoms with van der Waals surface area (Å²) in [4.78, 5) is 20.3. The molecule has 1 unspecified atom stereocenters. The summed E-state index contributed by atoms with van der Waals surface area (Å²) in [5.74, 6) is 0.942. The van der Waals surface area contributed by atoms with Crippen molar-refractivity contribution >= 4 is 51.4 Å². The number of piperazine rings is 1. The Kier molecular flexibility index (Phi) is 5.91. The molecule has 0 bridgehead atoms. The molecular weight excluding hydrogens is 493 g/mol. The van der Waals surface area contributed by atoms with Crippen LogP contribution in [0.3, 0.4) is 0 Å². The van der Waals surface area contributed by atoms with Gasteiger partial charge >= 0.3 is 11.9 Å². The molecule has 1 saturated heterocycles. The Morgan fingerprint density at radius 3 is 2.58 bits per heavy atom. The molecule has 2 aliphatic rings. The summed E-state index contributed by atoms with van der Waals surface area (Å²) in [6.07, 6.45) is -3.91. The first kappa shape index (κ1) is 23.0. The molecule has 4 heterocycles. The monoisotopic (exact) mass is 514 g/mol. The Bertz CT molecular complexity index is 1280. The van der Waals surface area contributed by atoms with Crippen molar-refractivity contribution in [1.82, 2.24) is 14.9 Å². The molecule has 2 aromatic heterocycles. The van der Waals surface area contributed by atoms with Crippen LogP contribution >= 0.6 is 34.7 Å². The Morgan fingerprint density at radius 1 is 1.21 bits per heavy atom. The van der Waals surface area contributed by atoms with Gasteiger partial charge in [0.15, 0.2) is 0 Å². The summed E-state index contributed by atoms with van der Waals surface area (Å²) < 4.78 is 44.8. The number of thioether (sulfide) groups is 1. The first-order valence-corrected chi connectivity index (χ1v) is 12.9. The zero-order valence-electron chi connectivity index (χ0n) is 18.0. The van der Waals surface area contributed by atoms with Gasteiger partial charge in [-0.1, -0.05) is 11.6 Å². The zero-order valence-corrected chi connectivity index (χ0v) is 20.4. The van der Waals surface area contributed by atoms with Crippen molar-refractivity contribution in [2.45, 2.75) is 50.0 Å². The molecule has 0 amide bonds. The van der Waals surface area contributed by atoms with Gasteiger partial charge in [0.25, 0.3) is 0 Å². The number of hydrogen-bond donors (Lipinski definition) is 1. The molecule has 33 heavy (non-hydrogen) atoms. The van der Waals surface area contributed by atoms with Gasteiger partial charge in [-0.15, -0.1) is 23.1 Å². The summed E-state index contributed by atoms with van der Waals surface area (Å²) in [6.45, 7) is 5.57. The minimum Gasteiger partial charge on any atom is -0.353 e. The zero-order chi connectivity index (χ0) is 23.5. The normalized spacial score (nSPS) is 21.5. The molecule has 0 spiro atoms. The minimum atomic E-state index is -4.58. The van der Waals surface area contributed by atoms with Crippen molar-refractivity contribution in [2.24, 2.45) is 0 Å². The minimum absolute atomic E-state index is 0.103. The molecule has 2 atom stereocenters. The highest BCUT2D eigenvalue weighted by atomic mass is 35.5. The third-order valence-electron chi connectivity index (χ3n) is 5.95. The van der Waals surface area contributed by atoms with E-state index in [4.69, 9.17) is 11.6 Å². The van der Waals surface area contributed by atoms with E-state index in [0.717, 1.165) is 0 Å². The first-order valence-electron chi connectivity index (χ1n) is 10.7. The maximum Gasteiger partial charge on any atom is 0.417 e. The standard InChI is InChI=1S/C22H22ClF3N4OS2/c1-11-8-29(9-12(2)27-11)20-14-7-15(22(24,25)26)17(16-6-13(23)10-33-16)19-18(14)30(21(31)28-20)4-3-5-32-19/h6-7,10-12,27H,3-5,8-9H2,1-2H3/t11-,12?/m0/s1. The van der Waals surface area contributed by atoms with E-state index in [9.17, 15) is 18.0 Å². The van der Waals surface area contributed by atoms with Gasteiger partial charge in [0.1, 0.15) is 5.82 Å². The molecule has 0 radical (unpaired) electrons. The molecule has 1 aromatic carbocycles. The molecule has 1 fully saturated rings. The number of aromatic nitrogens is 2. The summed E-state index contributed by atoms with van der Waals surface area (Å²) in [6, 6.07) is 2.98. The second-order valence-electron chi connectivity index (χ2n) is 8.60. The van der Waals surface area contributed by atoms with Gasteiger partial charge in [0.05, 0.1) is 16.1 Å². The van der Waals surface area contributed by atoms with E-state index in [1.54, 1.807) is 16.0 Å². The van der Waals surface area contributed by atoms with Crippen molar-refractivity contribution in [3.8, 4) is 10.4 Å². The number of hydrogen-bond acceptors (Lipinski definition) is 6. The number of nitrogens with zero attached hydrogens (tertiary/aromatic N) is 3. The fourth-order valence-electron chi connectivity index (χ4n) is 4.79. The van der Waals surface area contributed by atoms with Gasteiger partial charge in [-0.2, -0.15) is 18.2 Å². The highest BCUT2D eigenvalue weighted by molar-refractivity contribution is 7.99. The van der Waals surface area contributed by atoms with Gasteiger partial charge < -0.3 is 10.2 Å². The number of alkyl halides is 3. The molecule has 5 rings (SSSR count). The molecule has 176 valence electrons. The third-order valence-corrected chi connectivity index (χ3v) is 8.42. The van der Waals surface area contributed by atoms with Crippen molar-refractivity contribution in [3.63, 3.8) is 0 Å². The Morgan fingerprint density at radius 2 is 1.94 bits per heavy atom. The number of thiophene rings is 1. The van der Waals surface area contributed by atoms with Crippen LogP contribution in [0, 0.1) is 0 Å². The third kappa shape index (κ3) is 4.15. The second kappa shape index (κ2) is 8.48. The predicted molar refractivity (Wildman–Crippen MR) is 129 cm³/mol. The lowest BCUT2D eigenvalue weighted by Gasteiger charge is -2.37. The Hall–Kier alpha value is -1.75. The van der Waals surface area contributed by atoms with E-state index >= 15 is 0 Å². The van der Waals surface area contributed by atoms with E-state index in [-0.39, 0.29) is 17.6 Å². The summed E-state index contributed by atoms with van der Waals surface area (Å²) >= 11 is 8.64. The predicted octanol–water partition coefficient (Wildman–Crippen LogP) is 5.48. The number of benzene rings is 1. The largest absolute Gasteiger partial charge is 0.417 e. The molecule has 0 saturated carbocycles. The fourth-order valence-corrected chi connectivity index (χ4v) is 7.19. The van der Waals surface area contributed by atoms with Crippen LogP contribution in [-0.4, -0.2) is 40.5 Å². The van der Waals surface area contributed by atoms with Crippen molar-refractivity contribution in [2.75, 3.05) is 23.7 Å². The van der Waals surface area contributed by atoms with Crippen LogP contribution in [0.1, 0.15) is 25.8 Å². The van der Waals surface area contributed by atoms with Crippen LogP contribution in [0.5, 0.6) is 0 Å². The van der Waals surface area contributed by atoms with Crippen LogP contribution in [-0.2, 0) is 12.7 Å². The highest BCUT2D eigenvalue weighted by Gasteiger charge is 2.38. The molecule has 11 heteroatoms. The van der Waals surface area contributed by atoms with Gasteiger partial charge in [-0.3, -0.25) is 4.57 Å². The molecule has 0 aliphatic carbocycles. The lowest BCUT2D eigenvalue weighted by Crippen LogP contribution is -2.55. The lowest BCUT2D eigenvalue weighted by atomic mass is 10.0. The van der Waals surface area contributed by atoms with E-state index < -0.39 is 17.4 Å². The smallest absolute Gasteiger partial charge is 0.353 e. The highest BCUT2D eigenvalue weighted by Crippen LogP contribution is 2.49. The SMILES string of the molecule is CC1CN(c2nc(=O)n3c4c(c(-c5cc(Cl)cs5)c(C(F)(F)F)cc24)SCCC3)C[C@H](C)N1. The maximum atomic E-state index is 14.4. The second-order valence-corrected chi connectivity index (χ2v) is 11.0.